The van der Waals surface area contributed by atoms with Gasteiger partial charge in [-0.3, -0.25) is 4.68 Å². The second kappa shape index (κ2) is 7.17. The molecule has 2 rings (SSSR count). The molecule has 0 saturated carbocycles. The van der Waals surface area contributed by atoms with E-state index in [4.69, 9.17) is 0 Å². The molecule has 1 unspecified atom stereocenters. The van der Waals surface area contributed by atoms with E-state index in [1.54, 1.807) is 24.3 Å². The Labute approximate surface area is 122 Å². The van der Waals surface area contributed by atoms with Crippen molar-refractivity contribution in [1.82, 2.24) is 15.1 Å². The third kappa shape index (κ3) is 4.53. The van der Waals surface area contributed by atoms with Crippen LogP contribution in [0.2, 0.25) is 0 Å². The van der Waals surface area contributed by atoms with Crippen molar-refractivity contribution < 1.29 is 13.5 Å². The van der Waals surface area contributed by atoms with Gasteiger partial charge in [0, 0.05) is 30.9 Å². The van der Waals surface area contributed by atoms with E-state index >= 15 is 0 Å². The number of aromatic nitrogens is 2. The van der Waals surface area contributed by atoms with Crippen molar-refractivity contribution in [2.75, 3.05) is 0 Å². The van der Waals surface area contributed by atoms with Crippen molar-refractivity contribution in [3.05, 3.63) is 47.8 Å². The van der Waals surface area contributed by atoms with Crippen molar-refractivity contribution in [2.24, 2.45) is 0 Å². The van der Waals surface area contributed by atoms with Crippen LogP contribution in [0.1, 0.15) is 31.0 Å². The first kappa shape index (κ1) is 15.4. The lowest BCUT2D eigenvalue weighted by atomic mass is 10.1. The van der Waals surface area contributed by atoms with Crippen LogP contribution in [0.4, 0.5) is 8.78 Å². The first-order chi connectivity index (χ1) is 10.1. The normalized spacial score (nSPS) is 12.6. The third-order valence-corrected chi connectivity index (χ3v) is 3.24. The largest absolute Gasteiger partial charge is 0.435 e. The van der Waals surface area contributed by atoms with Crippen LogP contribution in [0.3, 0.4) is 0 Å². The molecule has 0 fully saturated rings. The van der Waals surface area contributed by atoms with Crippen molar-refractivity contribution in [3.8, 4) is 5.75 Å². The Morgan fingerprint density at radius 2 is 2.00 bits per heavy atom. The number of benzene rings is 1. The lowest BCUT2D eigenvalue weighted by molar-refractivity contribution is -0.0498. The van der Waals surface area contributed by atoms with E-state index in [1.807, 2.05) is 24.0 Å². The van der Waals surface area contributed by atoms with Crippen LogP contribution < -0.4 is 10.1 Å². The fourth-order valence-electron chi connectivity index (χ4n) is 1.95. The van der Waals surface area contributed by atoms with Gasteiger partial charge in [0.2, 0.25) is 0 Å². The van der Waals surface area contributed by atoms with Gasteiger partial charge in [-0.25, -0.2) is 0 Å². The summed E-state index contributed by atoms with van der Waals surface area (Å²) in [5, 5.41) is 7.61. The molecule has 1 N–H and O–H groups in total. The van der Waals surface area contributed by atoms with Gasteiger partial charge < -0.3 is 10.1 Å². The quantitative estimate of drug-likeness (QED) is 0.851. The van der Waals surface area contributed by atoms with Gasteiger partial charge in [0.25, 0.3) is 0 Å². The van der Waals surface area contributed by atoms with Crippen molar-refractivity contribution in [3.63, 3.8) is 0 Å². The van der Waals surface area contributed by atoms with Gasteiger partial charge in [0.1, 0.15) is 5.75 Å². The predicted octanol–water partition coefficient (Wildman–Crippen LogP) is 3.36. The number of aryl methyl sites for hydroxylation is 1. The smallest absolute Gasteiger partial charge is 0.387 e. The maximum Gasteiger partial charge on any atom is 0.387 e. The molecule has 0 aliphatic rings. The maximum absolute atomic E-state index is 12.1. The molecular weight excluding hydrogens is 276 g/mol. The van der Waals surface area contributed by atoms with E-state index in [1.165, 1.54) is 0 Å². The summed E-state index contributed by atoms with van der Waals surface area (Å²) in [4.78, 5) is 0. The number of nitrogens with one attached hydrogen (secondary N) is 1. The first-order valence-corrected chi connectivity index (χ1v) is 6.88. The van der Waals surface area contributed by atoms with Crippen molar-refractivity contribution in [1.29, 1.82) is 0 Å². The molecule has 0 saturated heterocycles. The number of hydrogen-bond acceptors (Lipinski definition) is 3. The Morgan fingerprint density at radius 3 is 2.57 bits per heavy atom. The second-order valence-electron chi connectivity index (χ2n) is 4.75. The molecule has 4 nitrogen and oxygen atoms in total. The number of hydrogen-bond donors (Lipinski definition) is 1. The van der Waals surface area contributed by atoms with E-state index < -0.39 is 6.61 Å². The molecule has 6 heteroatoms. The fraction of sp³-hybridized carbons (Fsp3) is 0.400. The summed E-state index contributed by atoms with van der Waals surface area (Å²) in [5.74, 6) is 0.172. The molecule has 0 aliphatic heterocycles. The van der Waals surface area contributed by atoms with Gasteiger partial charge in [-0.05, 0) is 31.5 Å². The van der Waals surface area contributed by atoms with E-state index in [0.29, 0.717) is 6.54 Å². The minimum atomic E-state index is -2.79. The zero-order valence-electron chi connectivity index (χ0n) is 12.1. The molecule has 21 heavy (non-hydrogen) atoms. The molecule has 0 amide bonds. The number of nitrogens with zero attached hydrogens (tertiary/aromatic N) is 2. The third-order valence-electron chi connectivity index (χ3n) is 3.24. The Kier molecular flexibility index (Phi) is 5.27. The summed E-state index contributed by atoms with van der Waals surface area (Å²) < 4.78 is 30.3. The molecular formula is C15H19F2N3O. The van der Waals surface area contributed by atoms with E-state index in [9.17, 15) is 8.78 Å². The van der Waals surface area contributed by atoms with Crippen LogP contribution in [0.15, 0.2) is 36.7 Å². The summed E-state index contributed by atoms with van der Waals surface area (Å²) in [6.07, 6.45) is 3.86. The van der Waals surface area contributed by atoms with Gasteiger partial charge in [0.05, 0.1) is 6.20 Å². The molecule has 0 aliphatic carbocycles. The summed E-state index contributed by atoms with van der Waals surface area (Å²) in [6.45, 7) is 2.80. The number of halogens is 2. The maximum atomic E-state index is 12.1. The van der Waals surface area contributed by atoms with Gasteiger partial charge in [0.15, 0.2) is 0 Å². The van der Waals surface area contributed by atoms with E-state index in [0.717, 1.165) is 17.7 Å². The average Bonchev–Trinajstić information content (AvgIpc) is 2.94. The lowest BCUT2D eigenvalue weighted by Crippen LogP contribution is -2.17. The Morgan fingerprint density at radius 1 is 1.29 bits per heavy atom. The zero-order valence-corrected chi connectivity index (χ0v) is 12.1. The minimum absolute atomic E-state index is 0.169. The Balaban J connectivity index is 1.87. The monoisotopic (exact) mass is 295 g/mol. The molecule has 0 radical (unpaired) electrons. The standard InChI is InChI=1S/C15H19F2N3O/c1-3-20-10-13(9-19-20)11(2)18-8-12-4-6-14(7-5-12)21-15(16)17/h4-7,9-11,15,18H,3,8H2,1-2H3. The highest BCUT2D eigenvalue weighted by Crippen LogP contribution is 2.16. The van der Waals surface area contributed by atoms with Crippen LogP contribution in [0, 0.1) is 0 Å². The number of ether oxygens (including phenoxy) is 1. The lowest BCUT2D eigenvalue weighted by Gasteiger charge is -2.12. The zero-order chi connectivity index (χ0) is 15.2. The van der Waals surface area contributed by atoms with Gasteiger partial charge in [-0.15, -0.1) is 0 Å². The topological polar surface area (TPSA) is 39.1 Å². The minimum Gasteiger partial charge on any atom is -0.435 e. The summed E-state index contributed by atoms with van der Waals surface area (Å²) >= 11 is 0. The van der Waals surface area contributed by atoms with E-state index in [2.05, 4.69) is 22.1 Å². The highest BCUT2D eigenvalue weighted by molar-refractivity contribution is 5.27. The Bertz CT molecular complexity index is 554. The molecule has 1 atom stereocenters. The van der Waals surface area contributed by atoms with Crippen LogP contribution >= 0.6 is 0 Å². The van der Waals surface area contributed by atoms with Crippen molar-refractivity contribution >= 4 is 0 Å². The van der Waals surface area contributed by atoms with Crippen molar-refractivity contribution in [2.45, 2.75) is 39.6 Å². The van der Waals surface area contributed by atoms with Crippen LogP contribution in [-0.2, 0) is 13.1 Å². The second-order valence-corrected chi connectivity index (χ2v) is 4.75. The summed E-state index contributed by atoms with van der Waals surface area (Å²) in [6, 6.07) is 6.80. The summed E-state index contributed by atoms with van der Waals surface area (Å²) in [5.41, 5.74) is 2.13. The van der Waals surface area contributed by atoms with Gasteiger partial charge in [-0.2, -0.15) is 13.9 Å². The molecule has 1 aromatic heterocycles. The highest BCUT2D eigenvalue weighted by Gasteiger charge is 2.08. The predicted molar refractivity (Wildman–Crippen MR) is 76.2 cm³/mol. The molecule has 1 heterocycles. The van der Waals surface area contributed by atoms with Crippen LogP contribution in [0.5, 0.6) is 5.75 Å². The molecule has 0 spiro atoms. The van der Waals surface area contributed by atoms with E-state index in [-0.39, 0.29) is 11.8 Å². The molecule has 114 valence electrons. The SMILES string of the molecule is CCn1cc(C(C)NCc2ccc(OC(F)F)cc2)cn1. The fourth-order valence-corrected chi connectivity index (χ4v) is 1.95. The first-order valence-electron chi connectivity index (χ1n) is 6.88. The van der Waals surface area contributed by atoms with Crippen LogP contribution in [0.25, 0.3) is 0 Å². The van der Waals surface area contributed by atoms with Gasteiger partial charge in [-0.1, -0.05) is 12.1 Å². The summed E-state index contributed by atoms with van der Waals surface area (Å²) in [7, 11) is 0. The van der Waals surface area contributed by atoms with Gasteiger partial charge >= 0.3 is 6.61 Å². The Hall–Kier alpha value is -1.95. The number of rotatable bonds is 7. The van der Waals surface area contributed by atoms with Crippen LogP contribution in [-0.4, -0.2) is 16.4 Å². The number of alkyl halides is 2. The molecule has 0 bridgehead atoms. The average molecular weight is 295 g/mol. The highest BCUT2D eigenvalue weighted by atomic mass is 19.3. The molecule has 2 aromatic rings. The molecule has 1 aromatic carbocycles.